The normalized spacial score (nSPS) is 18.1. The standard InChI is InChI=1S/C10H19NO/c1-10(2,12)7-3-5-9-6-4-8-11-9/h12H,3-8H2,1-2H3. The molecule has 0 saturated carbocycles. The molecule has 12 heavy (non-hydrogen) atoms. The number of nitrogens with zero attached hydrogens (tertiary/aromatic N) is 1. The van der Waals surface area contributed by atoms with E-state index in [0.717, 1.165) is 25.8 Å². The molecule has 1 rings (SSSR count). The van der Waals surface area contributed by atoms with Gasteiger partial charge in [0.2, 0.25) is 0 Å². The van der Waals surface area contributed by atoms with Crippen LogP contribution in [0.2, 0.25) is 0 Å². The first kappa shape index (κ1) is 9.72. The largest absolute Gasteiger partial charge is 0.390 e. The molecule has 2 heteroatoms. The van der Waals surface area contributed by atoms with Crippen molar-refractivity contribution in [1.29, 1.82) is 0 Å². The summed E-state index contributed by atoms with van der Waals surface area (Å²) in [7, 11) is 0. The van der Waals surface area contributed by atoms with Gasteiger partial charge in [0.15, 0.2) is 0 Å². The second kappa shape index (κ2) is 4.04. The Labute approximate surface area is 74.7 Å². The van der Waals surface area contributed by atoms with Gasteiger partial charge in [-0.2, -0.15) is 0 Å². The molecule has 1 aliphatic rings. The molecular weight excluding hydrogens is 150 g/mol. The van der Waals surface area contributed by atoms with Crippen molar-refractivity contribution >= 4 is 5.71 Å². The molecule has 0 aromatic rings. The van der Waals surface area contributed by atoms with Crippen molar-refractivity contribution < 1.29 is 5.11 Å². The zero-order valence-corrected chi connectivity index (χ0v) is 8.14. The van der Waals surface area contributed by atoms with Crippen molar-refractivity contribution in [3.63, 3.8) is 0 Å². The molecule has 0 aromatic heterocycles. The summed E-state index contributed by atoms with van der Waals surface area (Å²) in [4.78, 5) is 4.39. The second-order valence-corrected chi connectivity index (χ2v) is 4.22. The van der Waals surface area contributed by atoms with Crippen LogP contribution in [0.3, 0.4) is 0 Å². The first-order valence-corrected chi connectivity index (χ1v) is 4.82. The quantitative estimate of drug-likeness (QED) is 0.687. The smallest absolute Gasteiger partial charge is 0.0591 e. The van der Waals surface area contributed by atoms with Gasteiger partial charge in [0.1, 0.15) is 0 Å². The zero-order chi connectivity index (χ0) is 9.03. The minimum atomic E-state index is -0.501. The van der Waals surface area contributed by atoms with Gasteiger partial charge >= 0.3 is 0 Å². The van der Waals surface area contributed by atoms with Crippen molar-refractivity contribution in [2.45, 2.75) is 51.6 Å². The maximum absolute atomic E-state index is 9.45. The summed E-state index contributed by atoms with van der Waals surface area (Å²) in [6, 6.07) is 0. The van der Waals surface area contributed by atoms with E-state index in [9.17, 15) is 5.11 Å². The van der Waals surface area contributed by atoms with E-state index in [4.69, 9.17) is 0 Å². The Morgan fingerprint density at radius 1 is 1.50 bits per heavy atom. The SMILES string of the molecule is CC(C)(O)CCCC1=NCCC1. The van der Waals surface area contributed by atoms with Crippen molar-refractivity contribution in [3.05, 3.63) is 0 Å². The second-order valence-electron chi connectivity index (χ2n) is 4.22. The Morgan fingerprint density at radius 3 is 2.75 bits per heavy atom. The summed E-state index contributed by atoms with van der Waals surface area (Å²) < 4.78 is 0. The lowest BCUT2D eigenvalue weighted by Gasteiger charge is -2.16. The van der Waals surface area contributed by atoms with Crippen molar-refractivity contribution in [3.8, 4) is 0 Å². The summed E-state index contributed by atoms with van der Waals surface area (Å²) in [5.74, 6) is 0. The van der Waals surface area contributed by atoms with Gasteiger partial charge in [-0.3, -0.25) is 4.99 Å². The van der Waals surface area contributed by atoms with E-state index >= 15 is 0 Å². The van der Waals surface area contributed by atoms with Crippen molar-refractivity contribution in [1.82, 2.24) is 0 Å². The Kier molecular flexibility index (Phi) is 3.27. The van der Waals surface area contributed by atoms with E-state index in [1.807, 2.05) is 13.8 Å². The minimum Gasteiger partial charge on any atom is -0.390 e. The number of rotatable bonds is 4. The third-order valence-corrected chi connectivity index (χ3v) is 2.21. The van der Waals surface area contributed by atoms with E-state index < -0.39 is 5.60 Å². The molecule has 0 aromatic carbocycles. The highest BCUT2D eigenvalue weighted by Crippen LogP contribution is 2.15. The summed E-state index contributed by atoms with van der Waals surface area (Å²) in [5, 5.41) is 9.45. The lowest BCUT2D eigenvalue weighted by Crippen LogP contribution is -2.18. The molecule has 70 valence electrons. The van der Waals surface area contributed by atoms with E-state index in [2.05, 4.69) is 4.99 Å². The van der Waals surface area contributed by atoms with E-state index in [-0.39, 0.29) is 0 Å². The van der Waals surface area contributed by atoms with Crippen molar-refractivity contribution in [2.24, 2.45) is 4.99 Å². The average molecular weight is 169 g/mol. The first-order chi connectivity index (χ1) is 5.58. The van der Waals surface area contributed by atoms with Gasteiger partial charge in [-0.25, -0.2) is 0 Å². The molecule has 0 unspecified atom stereocenters. The molecule has 0 spiro atoms. The summed E-state index contributed by atoms with van der Waals surface area (Å²) in [6.07, 6.45) is 5.46. The van der Waals surface area contributed by atoms with E-state index in [1.165, 1.54) is 18.6 Å². The molecule has 0 fully saturated rings. The first-order valence-electron chi connectivity index (χ1n) is 4.82. The topological polar surface area (TPSA) is 32.6 Å². The van der Waals surface area contributed by atoms with Crippen LogP contribution in [-0.4, -0.2) is 23.0 Å². The van der Waals surface area contributed by atoms with Gasteiger partial charge in [0.25, 0.3) is 0 Å². The fourth-order valence-corrected chi connectivity index (χ4v) is 1.53. The summed E-state index contributed by atoms with van der Waals surface area (Å²) in [6.45, 7) is 4.75. The number of hydrogen-bond donors (Lipinski definition) is 1. The van der Waals surface area contributed by atoms with Crippen LogP contribution in [0.25, 0.3) is 0 Å². The molecule has 0 atom stereocenters. The Balaban J connectivity index is 2.10. The average Bonchev–Trinajstić information content (AvgIpc) is 2.36. The van der Waals surface area contributed by atoms with Gasteiger partial charge in [-0.1, -0.05) is 0 Å². The fourth-order valence-electron chi connectivity index (χ4n) is 1.53. The van der Waals surface area contributed by atoms with Crippen LogP contribution in [0, 0.1) is 0 Å². The van der Waals surface area contributed by atoms with Crippen LogP contribution < -0.4 is 0 Å². The third-order valence-electron chi connectivity index (χ3n) is 2.21. The molecule has 0 saturated heterocycles. The number of aliphatic imine (C=N–C) groups is 1. The molecule has 2 nitrogen and oxygen atoms in total. The molecule has 0 bridgehead atoms. The predicted octanol–water partition coefficient (Wildman–Crippen LogP) is 2.16. The van der Waals surface area contributed by atoms with Gasteiger partial charge in [-0.05, 0) is 46.0 Å². The molecule has 1 aliphatic heterocycles. The van der Waals surface area contributed by atoms with E-state index in [0.29, 0.717) is 0 Å². The molecule has 0 aliphatic carbocycles. The lowest BCUT2D eigenvalue weighted by atomic mass is 10.00. The van der Waals surface area contributed by atoms with Gasteiger partial charge in [0.05, 0.1) is 5.60 Å². The molecule has 0 amide bonds. The summed E-state index contributed by atoms with van der Waals surface area (Å²) >= 11 is 0. The lowest BCUT2D eigenvalue weighted by molar-refractivity contribution is 0.0694. The Bertz CT molecular complexity index is 167. The summed E-state index contributed by atoms with van der Waals surface area (Å²) in [5.41, 5.74) is 0.860. The fraction of sp³-hybridized carbons (Fsp3) is 0.900. The van der Waals surface area contributed by atoms with Crippen LogP contribution in [0.1, 0.15) is 46.0 Å². The zero-order valence-electron chi connectivity index (χ0n) is 8.14. The van der Waals surface area contributed by atoms with Gasteiger partial charge in [0, 0.05) is 12.3 Å². The minimum absolute atomic E-state index is 0.501. The third kappa shape index (κ3) is 3.86. The molecule has 1 N–H and O–H groups in total. The van der Waals surface area contributed by atoms with Crippen LogP contribution in [0.4, 0.5) is 0 Å². The highest BCUT2D eigenvalue weighted by Gasteiger charge is 2.13. The maximum atomic E-state index is 9.45. The van der Waals surface area contributed by atoms with Crippen LogP contribution in [0.5, 0.6) is 0 Å². The van der Waals surface area contributed by atoms with E-state index in [1.54, 1.807) is 0 Å². The number of aliphatic hydroxyl groups is 1. The van der Waals surface area contributed by atoms with Crippen molar-refractivity contribution in [2.75, 3.05) is 6.54 Å². The predicted molar refractivity (Wildman–Crippen MR) is 51.7 cm³/mol. The molecule has 1 heterocycles. The van der Waals surface area contributed by atoms with Crippen LogP contribution in [-0.2, 0) is 0 Å². The monoisotopic (exact) mass is 169 g/mol. The maximum Gasteiger partial charge on any atom is 0.0591 e. The van der Waals surface area contributed by atoms with Gasteiger partial charge in [-0.15, -0.1) is 0 Å². The van der Waals surface area contributed by atoms with Crippen LogP contribution in [0.15, 0.2) is 4.99 Å². The Morgan fingerprint density at radius 2 is 2.25 bits per heavy atom. The molecular formula is C10H19NO. The molecule has 0 radical (unpaired) electrons. The highest BCUT2D eigenvalue weighted by molar-refractivity contribution is 5.85. The number of hydrogen-bond acceptors (Lipinski definition) is 2. The Hall–Kier alpha value is -0.370. The van der Waals surface area contributed by atoms with Crippen LogP contribution >= 0.6 is 0 Å². The highest BCUT2D eigenvalue weighted by atomic mass is 16.3. The van der Waals surface area contributed by atoms with Gasteiger partial charge < -0.3 is 5.11 Å².